The quantitative estimate of drug-likeness (QED) is 0.588. The molecule has 1 rings (SSSR count). The van der Waals surface area contributed by atoms with Crippen LogP contribution in [-0.2, 0) is 0 Å². The van der Waals surface area contributed by atoms with Gasteiger partial charge in [-0.05, 0) is 6.07 Å². The van der Waals surface area contributed by atoms with Gasteiger partial charge >= 0.3 is 0 Å². The Kier molecular flexibility index (Phi) is 3.38. The number of carbonyl (C=O) groups is 1. The molecule has 0 aromatic heterocycles. The number of hydrogen-bond donors (Lipinski definition) is 2. The fraction of sp³-hybridized carbons (Fsp3) is 0.100. The van der Waals surface area contributed by atoms with Crippen molar-refractivity contribution in [2.75, 3.05) is 12.3 Å². The predicted molar refractivity (Wildman–Crippen MR) is 53.3 cm³/mol. The Bertz CT molecular complexity index is 405. The van der Waals surface area contributed by atoms with Crippen LogP contribution in [0, 0.1) is 11.6 Å². The van der Waals surface area contributed by atoms with E-state index in [4.69, 9.17) is 5.73 Å². The fourth-order valence-electron chi connectivity index (χ4n) is 1.000. The monoisotopic (exact) mass is 212 g/mol. The molecule has 1 aromatic rings. The molecule has 1 aromatic carbocycles. The van der Waals surface area contributed by atoms with Crippen molar-refractivity contribution in [3.8, 4) is 0 Å². The van der Waals surface area contributed by atoms with E-state index in [1.54, 1.807) is 0 Å². The molecule has 5 heteroatoms. The molecule has 0 aliphatic heterocycles. The molecule has 0 aliphatic carbocycles. The van der Waals surface area contributed by atoms with Crippen molar-refractivity contribution in [3.63, 3.8) is 0 Å². The smallest absolute Gasteiger partial charge is 0.254 e. The largest absolute Gasteiger partial charge is 0.396 e. The Morgan fingerprint density at radius 3 is 2.73 bits per heavy atom. The fourth-order valence-corrected chi connectivity index (χ4v) is 1.000. The van der Waals surface area contributed by atoms with Gasteiger partial charge in [-0.3, -0.25) is 4.79 Å². The van der Waals surface area contributed by atoms with Gasteiger partial charge in [0.05, 0.1) is 11.3 Å². The van der Waals surface area contributed by atoms with Crippen molar-refractivity contribution in [1.29, 1.82) is 0 Å². The third-order valence-electron chi connectivity index (χ3n) is 1.74. The molecule has 0 unspecified atom stereocenters. The number of nitrogens with one attached hydrogen (secondary N) is 1. The molecular formula is C10H10F2N2O. The maximum Gasteiger partial charge on any atom is 0.254 e. The lowest BCUT2D eigenvalue weighted by molar-refractivity contribution is 0.0954. The molecule has 1 amide bonds. The van der Waals surface area contributed by atoms with E-state index in [-0.39, 0.29) is 17.8 Å². The molecule has 0 radical (unpaired) electrons. The summed E-state index contributed by atoms with van der Waals surface area (Å²) in [6.07, 6.45) is 1.45. The Labute approximate surface area is 85.6 Å². The first kappa shape index (κ1) is 11.2. The Balaban J connectivity index is 2.98. The molecular weight excluding hydrogens is 202 g/mol. The highest BCUT2D eigenvalue weighted by molar-refractivity contribution is 5.95. The van der Waals surface area contributed by atoms with Crippen molar-refractivity contribution in [3.05, 3.63) is 42.0 Å². The third kappa shape index (κ3) is 2.52. The number of rotatable bonds is 3. The average Bonchev–Trinajstić information content (AvgIpc) is 2.20. The lowest BCUT2D eigenvalue weighted by atomic mass is 10.1. The van der Waals surface area contributed by atoms with Gasteiger partial charge in [-0.1, -0.05) is 6.08 Å². The first-order valence-corrected chi connectivity index (χ1v) is 4.20. The zero-order valence-electron chi connectivity index (χ0n) is 7.89. The third-order valence-corrected chi connectivity index (χ3v) is 1.74. The van der Waals surface area contributed by atoms with Crippen LogP contribution in [0.25, 0.3) is 0 Å². The number of benzene rings is 1. The van der Waals surface area contributed by atoms with E-state index in [2.05, 4.69) is 11.9 Å². The number of carbonyl (C=O) groups excluding carboxylic acids is 1. The zero-order valence-corrected chi connectivity index (χ0v) is 7.89. The summed E-state index contributed by atoms with van der Waals surface area (Å²) in [5.74, 6) is -2.48. The molecule has 0 saturated heterocycles. The molecule has 0 bridgehead atoms. The van der Waals surface area contributed by atoms with Gasteiger partial charge in [0.1, 0.15) is 11.6 Å². The Morgan fingerprint density at radius 2 is 2.13 bits per heavy atom. The van der Waals surface area contributed by atoms with E-state index in [1.807, 2.05) is 0 Å². The number of anilines is 1. The van der Waals surface area contributed by atoms with Gasteiger partial charge in [-0.25, -0.2) is 8.78 Å². The molecule has 0 saturated carbocycles. The second-order valence-electron chi connectivity index (χ2n) is 2.85. The molecule has 3 N–H and O–H groups in total. The van der Waals surface area contributed by atoms with Crippen molar-refractivity contribution in [1.82, 2.24) is 5.32 Å². The van der Waals surface area contributed by atoms with Gasteiger partial charge in [-0.2, -0.15) is 0 Å². The van der Waals surface area contributed by atoms with Crippen LogP contribution in [0.5, 0.6) is 0 Å². The minimum atomic E-state index is -0.941. The topological polar surface area (TPSA) is 55.1 Å². The molecule has 0 atom stereocenters. The maximum absolute atomic E-state index is 13.1. The summed E-state index contributed by atoms with van der Waals surface area (Å²) in [7, 11) is 0. The van der Waals surface area contributed by atoms with Gasteiger partial charge < -0.3 is 11.1 Å². The van der Waals surface area contributed by atoms with E-state index in [9.17, 15) is 13.6 Å². The van der Waals surface area contributed by atoms with E-state index in [0.29, 0.717) is 6.07 Å². The second-order valence-corrected chi connectivity index (χ2v) is 2.85. The van der Waals surface area contributed by atoms with Crippen molar-refractivity contribution >= 4 is 11.6 Å². The summed E-state index contributed by atoms with van der Waals surface area (Å²) in [6, 6.07) is 1.54. The summed E-state index contributed by atoms with van der Waals surface area (Å²) in [6.45, 7) is 3.59. The normalized spacial score (nSPS) is 9.73. The van der Waals surface area contributed by atoms with Crippen LogP contribution in [0.4, 0.5) is 14.5 Å². The predicted octanol–water partition coefficient (Wildman–Crippen LogP) is 1.46. The second kappa shape index (κ2) is 4.54. The lowest BCUT2D eigenvalue weighted by Gasteiger charge is -2.05. The molecule has 15 heavy (non-hydrogen) atoms. The number of amides is 1. The highest BCUT2D eigenvalue weighted by Gasteiger charge is 2.13. The zero-order chi connectivity index (χ0) is 11.4. The van der Waals surface area contributed by atoms with Gasteiger partial charge in [0.2, 0.25) is 0 Å². The first-order chi connectivity index (χ1) is 7.06. The maximum atomic E-state index is 13.1. The Morgan fingerprint density at radius 1 is 1.47 bits per heavy atom. The van der Waals surface area contributed by atoms with Crippen LogP contribution >= 0.6 is 0 Å². The van der Waals surface area contributed by atoms with E-state index >= 15 is 0 Å². The summed E-state index contributed by atoms with van der Waals surface area (Å²) in [5.41, 5.74) is 4.67. The number of nitrogen functional groups attached to an aromatic ring is 1. The van der Waals surface area contributed by atoms with E-state index in [1.165, 1.54) is 6.08 Å². The molecule has 0 fully saturated rings. The number of hydrogen-bond acceptors (Lipinski definition) is 2. The average molecular weight is 212 g/mol. The van der Waals surface area contributed by atoms with Crippen LogP contribution in [0.1, 0.15) is 10.4 Å². The van der Waals surface area contributed by atoms with Gasteiger partial charge in [0, 0.05) is 12.6 Å². The lowest BCUT2D eigenvalue weighted by Crippen LogP contribution is -2.24. The SMILES string of the molecule is C=CCNC(=O)c1cc(N)c(F)cc1F. The standard InChI is InChI=1S/C10H10F2N2O/c1-2-3-14-10(15)6-4-9(13)8(12)5-7(6)11/h2,4-5H,1,3,13H2,(H,14,15). The van der Waals surface area contributed by atoms with E-state index in [0.717, 1.165) is 6.07 Å². The molecule has 3 nitrogen and oxygen atoms in total. The van der Waals surface area contributed by atoms with Gasteiger partial charge in [0.15, 0.2) is 0 Å². The van der Waals surface area contributed by atoms with Crippen molar-refractivity contribution in [2.45, 2.75) is 0 Å². The van der Waals surface area contributed by atoms with Crippen molar-refractivity contribution < 1.29 is 13.6 Å². The summed E-state index contributed by atoms with van der Waals surface area (Å²) >= 11 is 0. The minimum absolute atomic E-state index is 0.204. The molecule has 0 heterocycles. The van der Waals surface area contributed by atoms with Crippen LogP contribution in [0.15, 0.2) is 24.8 Å². The number of nitrogens with two attached hydrogens (primary N) is 1. The van der Waals surface area contributed by atoms with Gasteiger partial charge in [0.25, 0.3) is 5.91 Å². The highest BCUT2D eigenvalue weighted by Crippen LogP contribution is 2.16. The summed E-state index contributed by atoms with van der Waals surface area (Å²) < 4.78 is 25.9. The molecule has 0 spiro atoms. The first-order valence-electron chi connectivity index (χ1n) is 4.20. The Hall–Kier alpha value is -1.91. The highest BCUT2D eigenvalue weighted by atomic mass is 19.1. The van der Waals surface area contributed by atoms with Gasteiger partial charge in [-0.15, -0.1) is 6.58 Å². The molecule has 80 valence electrons. The van der Waals surface area contributed by atoms with Crippen LogP contribution in [-0.4, -0.2) is 12.5 Å². The van der Waals surface area contributed by atoms with Crippen LogP contribution < -0.4 is 11.1 Å². The summed E-state index contributed by atoms with van der Waals surface area (Å²) in [5, 5.41) is 2.36. The minimum Gasteiger partial charge on any atom is -0.396 e. The molecule has 0 aliphatic rings. The number of halogens is 2. The summed E-state index contributed by atoms with van der Waals surface area (Å²) in [4.78, 5) is 11.3. The van der Waals surface area contributed by atoms with Crippen LogP contribution in [0.3, 0.4) is 0 Å². The van der Waals surface area contributed by atoms with Crippen molar-refractivity contribution in [2.24, 2.45) is 0 Å². The van der Waals surface area contributed by atoms with Crippen LogP contribution in [0.2, 0.25) is 0 Å². The van der Waals surface area contributed by atoms with E-state index < -0.39 is 17.5 Å².